The Balaban J connectivity index is 2.35. The van der Waals surface area contributed by atoms with Gasteiger partial charge in [-0.15, -0.1) is 0 Å². The van der Waals surface area contributed by atoms with Crippen LogP contribution in [0.25, 0.3) is 0 Å². The lowest BCUT2D eigenvalue weighted by molar-refractivity contribution is -0.154. The predicted octanol–water partition coefficient (Wildman–Crippen LogP) is 3.63. The molecule has 1 aliphatic carbocycles. The molecule has 0 amide bonds. The Morgan fingerprint density at radius 3 is 2.38 bits per heavy atom. The first-order chi connectivity index (χ1) is 9.83. The van der Waals surface area contributed by atoms with Gasteiger partial charge in [-0.1, -0.05) is 25.1 Å². The summed E-state index contributed by atoms with van der Waals surface area (Å²) in [6.45, 7) is 0.752. The molecule has 0 saturated heterocycles. The fraction of sp³-hybridized carbons (Fsp3) is 0.600. The fourth-order valence-corrected chi connectivity index (χ4v) is 2.66. The molecule has 2 N–H and O–H groups in total. The highest BCUT2D eigenvalue weighted by atomic mass is 19.4. The van der Waals surface area contributed by atoms with Crippen LogP contribution in [0.4, 0.5) is 17.6 Å². The summed E-state index contributed by atoms with van der Waals surface area (Å²) >= 11 is 0. The van der Waals surface area contributed by atoms with Crippen molar-refractivity contribution in [2.75, 3.05) is 6.54 Å². The first-order valence-corrected chi connectivity index (χ1v) is 7.16. The molecule has 2 rings (SSSR count). The van der Waals surface area contributed by atoms with Crippen LogP contribution in [0.5, 0.6) is 0 Å². The summed E-state index contributed by atoms with van der Waals surface area (Å²) in [5, 5.41) is 0. The van der Waals surface area contributed by atoms with Gasteiger partial charge in [0.25, 0.3) is 0 Å². The maximum absolute atomic E-state index is 14.0. The molecule has 2 nitrogen and oxygen atoms in total. The van der Waals surface area contributed by atoms with Crippen LogP contribution in [0.2, 0.25) is 0 Å². The maximum atomic E-state index is 14.0. The predicted molar refractivity (Wildman–Crippen MR) is 73.2 cm³/mol. The summed E-state index contributed by atoms with van der Waals surface area (Å²) in [7, 11) is 0. The summed E-state index contributed by atoms with van der Waals surface area (Å²) in [4.78, 5) is 1.33. The van der Waals surface area contributed by atoms with Crippen molar-refractivity contribution in [2.45, 2.75) is 50.5 Å². The Bertz CT molecular complexity index is 471. The highest BCUT2D eigenvalue weighted by Gasteiger charge is 2.43. The lowest BCUT2D eigenvalue weighted by Crippen LogP contribution is -2.46. The lowest BCUT2D eigenvalue weighted by atomic mass is 9.95. The molecule has 1 aromatic carbocycles. The van der Waals surface area contributed by atoms with E-state index in [1.54, 1.807) is 13.0 Å². The second kappa shape index (κ2) is 6.32. The van der Waals surface area contributed by atoms with Gasteiger partial charge < -0.3 is 5.73 Å². The van der Waals surface area contributed by atoms with Crippen LogP contribution in [-0.4, -0.2) is 29.7 Å². The van der Waals surface area contributed by atoms with Crippen LogP contribution in [0.1, 0.15) is 37.8 Å². The quantitative estimate of drug-likeness (QED) is 0.813. The minimum Gasteiger partial charge on any atom is -0.326 e. The average molecular weight is 304 g/mol. The van der Waals surface area contributed by atoms with E-state index < -0.39 is 30.6 Å². The molecule has 21 heavy (non-hydrogen) atoms. The zero-order valence-corrected chi connectivity index (χ0v) is 11.9. The maximum Gasteiger partial charge on any atom is 0.401 e. The van der Waals surface area contributed by atoms with E-state index in [-0.39, 0.29) is 11.6 Å². The van der Waals surface area contributed by atoms with E-state index in [1.165, 1.54) is 23.1 Å². The summed E-state index contributed by atoms with van der Waals surface area (Å²) in [5.41, 5.74) is 6.28. The van der Waals surface area contributed by atoms with Gasteiger partial charge in [-0.25, -0.2) is 4.39 Å². The van der Waals surface area contributed by atoms with E-state index in [1.807, 2.05) is 0 Å². The van der Waals surface area contributed by atoms with Crippen molar-refractivity contribution >= 4 is 0 Å². The summed E-state index contributed by atoms with van der Waals surface area (Å²) < 4.78 is 52.6. The van der Waals surface area contributed by atoms with Crippen molar-refractivity contribution < 1.29 is 17.6 Å². The molecule has 1 aliphatic rings. The van der Waals surface area contributed by atoms with Crippen molar-refractivity contribution in [1.82, 2.24) is 4.90 Å². The van der Waals surface area contributed by atoms with E-state index in [9.17, 15) is 17.6 Å². The minimum atomic E-state index is -4.32. The van der Waals surface area contributed by atoms with Crippen molar-refractivity contribution in [3.05, 3.63) is 35.6 Å². The number of hydrogen-bond donors (Lipinski definition) is 1. The van der Waals surface area contributed by atoms with E-state index in [0.29, 0.717) is 19.3 Å². The first-order valence-electron chi connectivity index (χ1n) is 7.16. The van der Waals surface area contributed by atoms with Gasteiger partial charge in [0.05, 0.1) is 12.6 Å². The number of rotatable bonds is 6. The molecular weight excluding hydrogens is 284 g/mol. The molecule has 0 aromatic heterocycles. The van der Waals surface area contributed by atoms with Crippen molar-refractivity contribution in [3.63, 3.8) is 0 Å². The Hall–Kier alpha value is -1.14. The molecule has 0 spiro atoms. The van der Waals surface area contributed by atoms with Gasteiger partial charge in [0.15, 0.2) is 0 Å². The number of nitrogens with zero attached hydrogens (tertiary/aromatic N) is 1. The Kier molecular flexibility index (Phi) is 4.88. The molecule has 1 saturated carbocycles. The third-order valence-corrected chi connectivity index (χ3v) is 3.84. The normalized spacial score (nSPS) is 18.8. The molecule has 0 radical (unpaired) electrons. The highest BCUT2D eigenvalue weighted by molar-refractivity contribution is 5.23. The van der Waals surface area contributed by atoms with E-state index >= 15 is 0 Å². The number of nitrogens with two attached hydrogens (primary N) is 1. The van der Waals surface area contributed by atoms with Gasteiger partial charge in [0, 0.05) is 17.6 Å². The Morgan fingerprint density at radius 1 is 1.29 bits per heavy atom. The second-order valence-corrected chi connectivity index (χ2v) is 5.56. The SMILES string of the molecule is CCC(N)C(c1ccccc1F)N(CC(F)(F)F)C1CC1. The van der Waals surface area contributed by atoms with Gasteiger partial charge in [0.2, 0.25) is 0 Å². The Morgan fingerprint density at radius 2 is 1.90 bits per heavy atom. The van der Waals surface area contributed by atoms with Crippen LogP contribution < -0.4 is 5.73 Å². The standard InChI is InChI=1S/C15H20F4N2/c1-2-13(20)14(11-5-3-4-6-12(11)16)21(10-7-8-10)9-15(17,18)19/h3-6,10,13-14H,2,7-9,20H2,1H3. The molecule has 0 heterocycles. The molecule has 2 unspecified atom stereocenters. The zero-order chi connectivity index (χ0) is 15.6. The minimum absolute atomic E-state index is 0.158. The van der Waals surface area contributed by atoms with Crippen LogP contribution in [-0.2, 0) is 0 Å². The van der Waals surface area contributed by atoms with Crippen molar-refractivity contribution in [3.8, 4) is 0 Å². The van der Waals surface area contributed by atoms with E-state index in [2.05, 4.69) is 0 Å². The summed E-state index contributed by atoms with van der Waals surface area (Å²) in [6, 6.07) is 4.51. The van der Waals surface area contributed by atoms with Crippen molar-refractivity contribution in [1.29, 1.82) is 0 Å². The molecule has 1 aromatic rings. The van der Waals surface area contributed by atoms with Crippen LogP contribution in [0, 0.1) is 5.82 Å². The summed E-state index contributed by atoms with van der Waals surface area (Å²) in [6.07, 6.45) is -2.42. The largest absolute Gasteiger partial charge is 0.401 e. The van der Waals surface area contributed by atoms with Gasteiger partial charge in [-0.2, -0.15) is 13.2 Å². The van der Waals surface area contributed by atoms with E-state index in [4.69, 9.17) is 5.73 Å². The molecule has 0 bridgehead atoms. The average Bonchev–Trinajstić information content (AvgIpc) is 3.22. The molecule has 1 fully saturated rings. The van der Waals surface area contributed by atoms with Crippen LogP contribution in [0.3, 0.4) is 0 Å². The van der Waals surface area contributed by atoms with Crippen LogP contribution in [0.15, 0.2) is 24.3 Å². The molecule has 0 aliphatic heterocycles. The number of benzene rings is 1. The number of alkyl halides is 3. The second-order valence-electron chi connectivity index (χ2n) is 5.56. The lowest BCUT2D eigenvalue weighted by Gasteiger charge is -2.36. The molecule has 2 atom stereocenters. The highest BCUT2D eigenvalue weighted by Crippen LogP contribution is 2.39. The Labute approximate surface area is 121 Å². The molecule has 6 heteroatoms. The topological polar surface area (TPSA) is 29.3 Å². The van der Waals surface area contributed by atoms with E-state index in [0.717, 1.165) is 0 Å². The van der Waals surface area contributed by atoms with Crippen molar-refractivity contribution in [2.24, 2.45) is 5.73 Å². The number of hydrogen-bond acceptors (Lipinski definition) is 2. The van der Waals surface area contributed by atoms with Gasteiger partial charge >= 0.3 is 6.18 Å². The zero-order valence-electron chi connectivity index (χ0n) is 11.9. The monoisotopic (exact) mass is 304 g/mol. The van der Waals surface area contributed by atoms with Crippen LogP contribution >= 0.6 is 0 Å². The fourth-order valence-electron chi connectivity index (χ4n) is 2.66. The van der Waals surface area contributed by atoms with Gasteiger partial charge in [-0.05, 0) is 25.3 Å². The molecule has 118 valence electrons. The van der Waals surface area contributed by atoms with Gasteiger partial charge in [0.1, 0.15) is 5.82 Å². The summed E-state index contributed by atoms with van der Waals surface area (Å²) in [5.74, 6) is -0.501. The third kappa shape index (κ3) is 4.17. The third-order valence-electron chi connectivity index (χ3n) is 3.84. The van der Waals surface area contributed by atoms with Gasteiger partial charge in [-0.3, -0.25) is 4.90 Å². The number of halogens is 4. The smallest absolute Gasteiger partial charge is 0.326 e. The molecular formula is C15H20F4N2. The first kappa shape index (κ1) is 16.2.